The van der Waals surface area contributed by atoms with Crippen LogP contribution in [-0.4, -0.2) is 25.5 Å². The predicted octanol–water partition coefficient (Wildman–Crippen LogP) is 5.10. The van der Waals surface area contributed by atoms with Gasteiger partial charge in [-0.3, -0.25) is 4.79 Å². The van der Waals surface area contributed by atoms with Crippen molar-refractivity contribution in [3.63, 3.8) is 0 Å². The van der Waals surface area contributed by atoms with E-state index in [1.165, 1.54) is 18.2 Å². The van der Waals surface area contributed by atoms with Crippen molar-refractivity contribution >= 4 is 39.8 Å². The minimum absolute atomic E-state index is 0.129. The number of anilines is 1. The molecule has 1 aromatic carbocycles. The molecular formula is C24H20F2IN5O2. The van der Waals surface area contributed by atoms with Crippen molar-refractivity contribution < 1.29 is 18.3 Å². The van der Waals surface area contributed by atoms with Crippen molar-refractivity contribution in [1.82, 2.24) is 19.6 Å². The van der Waals surface area contributed by atoms with Crippen LogP contribution < -0.4 is 10.1 Å². The monoisotopic (exact) mass is 575 g/mol. The quantitative estimate of drug-likeness (QED) is 0.271. The second-order valence-corrected chi connectivity index (χ2v) is 9.78. The number of carbonyl (C=O) groups excluding carboxylic acids is 1. The predicted molar refractivity (Wildman–Crippen MR) is 131 cm³/mol. The summed E-state index contributed by atoms with van der Waals surface area (Å²) in [5.41, 5.74) is 2.76. The fourth-order valence-electron chi connectivity index (χ4n) is 4.12. The van der Waals surface area contributed by atoms with E-state index in [1.807, 2.05) is 33.8 Å². The number of ether oxygens (including phenoxy) is 1. The molecule has 10 heteroatoms. The summed E-state index contributed by atoms with van der Waals surface area (Å²) >= 11 is 2.12. The molecule has 1 N–H and O–H groups in total. The number of hydrogen-bond acceptors (Lipinski definition) is 5. The zero-order valence-corrected chi connectivity index (χ0v) is 21.0. The van der Waals surface area contributed by atoms with Gasteiger partial charge in [-0.25, -0.2) is 23.3 Å². The molecule has 0 bridgehead atoms. The van der Waals surface area contributed by atoms with E-state index in [9.17, 15) is 13.6 Å². The van der Waals surface area contributed by atoms with E-state index in [2.05, 4.69) is 38.0 Å². The highest BCUT2D eigenvalue weighted by Gasteiger charge is 2.42. The van der Waals surface area contributed by atoms with Crippen molar-refractivity contribution in [2.24, 2.45) is 0 Å². The Hall–Kier alpha value is -3.15. The van der Waals surface area contributed by atoms with Crippen LogP contribution in [0, 0.1) is 29.2 Å². The third kappa shape index (κ3) is 3.51. The lowest BCUT2D eigenvalue weighted by Crippen LogP contribution is -2.27. The van der Waals surface area contributed by atoms with Gasteiger partial charge in [-0.1, -0.05) is 6.07 Å². The number of nitrogens with one attached hydrogen (secondary N) is 1. The third-order valence-corrected chi connectivity index (χ3v) is 6.74. The number of amides is 1. The highest BCUT2D eigenvalue weighted by molar-refractivity contribution is 14.1. The van der Waals surface area contributed by atoms with Crippen LogP contribution in [0.25, 0.3) is 16.9 Å². The molecule has 1 aliphatic rings. The number of aryl methyl sites for hydroxylation is 2. The van der Waals surface area contributed by atoms with Gasteiger partial charge in [0, 0.05) is 11.6 Å². The SMILES string of the molecule is Cc1cc(OCc2c(F)cccc2F)n2nc(C)c(-c3nc(I)c4c(n3)NC(=O)C4(C)C)c2c1. The summed E-state index contributed by atoms with van der Waals surface area (Å²) in [6, 6.07) is 7.35. The number of carbonyl (C=O) groups is 1. The first-order valence-corrected chi connectivity index (χ1v) is 11.6. The summed E-state index contributed by atoms with van der Waals surface area (Å²) in [5.74, 6) is -0.236. The molecule has 3 aromatic heterocycles. The Labute approximate surface area is 207 Å². The smallest absolute Gasteiger partial charge is 0.235 e. The van der Waals surface area contributed by atoms with E-state index in [4.69, 9.17) is 9.72 Å². The Morgan fingerprint density at radius 2 is 1.85 bits per heavy atom. The number of aromatic nitrogens is 4. The topological polar surface area (TPSA) is 81.4 Å². The number of rotatable bonds is 4. The van der Waals surface area contributed by atoms with Crippen LogP contribution in [0.3, 0.4) is 0 Å². The molecule has 0 saturated carbocycles. The minimum Gasteiger partial charge on any atom is -0.473 e. The highest BCUT2D eigenvalue weighted by Crippen LogP contribution is 2.40. The van der Waals surface area contributed by atoms with Crippen molar-refractivity contribution in [2.45, 2.75) is 39.7 Å². The summed E-state index contributed by atoms with van der Waals surface area (Å²) in [6.07, 6.45) is 0. The van der Waals surface area contributed by atoms with Gasteiger partial charge >= 0.3 is 0 Å². The molecule has 7 nitrogen and oxygen atoms in total. The van der Waals surface area contributed by atoms with Crippen LogP contribution in [0.15, 0.2) is 30.3 Å². The standard InChI is InChI=1S/C24H20F2IN5O2/c1-11-8-16-18(21-28-20(27)19-22(29-21)30-23(33)24(19,3)4)12(2)31-32(16)17(9-11)34-10-13-14(25)6-5-7-15(13)26/h5-9H,10H2,1-4H3,(H,28,29,30,33). The number of nitrogens with zero attached hydrogens (tertiary/aromatic N) is 4. The largest absolute Gasteiger partial charge is 0.473 e. The van der Waals surface area contributed by atoms with Crippen molar-refractivity contribution in [3.8, 4) is 17.3 Å². The van der Waals surface area contributed by atoms with Crippen LogP contribution in [0.5, 0.6) is 5.88 Å². The van der Waals surface area contributed by atoms with E-state index < -0.39 is 17.0 Å². The maximum absolute atomic E-state index is 14.1. The molecule has 5 rings (SSSR count). The number of benzene rings is 1. The summed E-state index contributed by atoms with van der Waals surface area (Å²) < 4.78 is 36.2. The Morgan fingerprint density at radius 1 is 1.15 bits per heavy atom. The van der Waals surface area contributed by atoms with Crippen LogP contribution in [0.2, 0.25) is 0 Å². The maximum atomic E-state index is 14.1. The van der Waals surface area contributed by atoms with E-state index in [0.717, 1.165) is 11.1 Å². The zero-order valence-electron chi connectivity index (χ0n) is 18.8. The average molecular weight is 575 g/mol. The molecule has 0 unspecified atom stereocenters. The van der Waals surface area contributed by atoms with E-state index in [0.29, 0.717) is 38.0 Å². The summed E-state index contributed by atoms with van der Waals surface area (Å²) in [7, 11) is 0. The average Bonchev–Trinajstić information content (AvgIpc) is 3.19. The van der Waals surface area contributed by atoms with Gasteiger partial charge < -0.3 is 10.1 Å². The molecule has 4 heterocycles. The normalized spacial score (nSPS) is 14.4. The molecule has 1 amide bonds. The zero-order chi connectivity index (χ0) is 24.4. The summed E-state index contributed by atoms with van der Waals surface area (Å²) in [4.78, 5) is 21.8. The Balaban J connectivity index is 1.61. The molecule has 4 aromatic rings. The fourth-order valence-corrected chi connectivity index (χ4v) is 5.28. The van der Waals surface area contributed by atoms with Gasteiger partial charge in [-0.05, 0) is 74.0 Å². The molecule has 0 atom stereocenters. The van der Waals surface area contributed by atoms with Crippen LogP contribution in [-0.2, 0) is 16.8 Å². The van der Waals surface area contributed by atoms with Crippen molar-refractivity contribution in [2.75, 3.05) is 5.32 Å². The number of pyridine rings is 1. The van der Waals surface area contributed by atoms with Gasteiger partial charge in [0.05, 0.1) is 27.8 Å². The number of hydrogen-bond donors (Lipinski definition) is 1. The minimum atomic E-state index is -0.722. The molecule has 0 aliphatic carbocycles. The van der Waals surface area contributed by atoms with Gasteiger partial charge in [0.2, 0.25) is 11.8 Å². The Bertz CT molecular complexity index is 1480. The molecule has 174 valence electrons. The summed E-state index contributed by atoms with van der Waals surface area (Å²) in [6.45, 7) is 7.10. The van der Waals surface area contributed by atoms with Gasteiger partial charge in [-0.2, -0.15) is 5.10 Å². The first-order chi connectivity index (χ1) is 16.1. The number of halogens is 3. The van der Waals surface area contributed by atoms with Gasteiger partial charge in [0.1, 0.15) is 27.8 Å². The van der Waals surface area contributed by atoms with Crippen molar-refractivity contribution in [3.05, 3.63) is 68.1 Å². The van der Waals surface area contributed by atoms with Crippen LogP contribution >= 0.6 is 22.6 Å². The lowest BCUT2D eigenvalue weighted by atomic mass is 9.88. The van der Waals surface area contributed by atoms with Gasteiger partial charge in [0.15, 0.2) is 5.82 Å². The molecule has 1 aliphatic heterocycles. The first-order valence-electron chi connectivity index (χ1n) is 10.5. The van der Waals surface area contributed by atoms with E-state index in [-0.39, 0.29) is 18.1 Å². The molecule has 0 radical (unpaired) electrons. The maximum Gasteiger partial charge on any atom is 0.235 e. The lowest BCUT2D eigenvalue weighted by Gasteiger charge is -2.15. The second-order valence-electron chi connectivity index (χ2n) is 8.76. The first kappa shape index (κ1) is 22.6. The Kier molecular flexibility index (Phi) is 5.30. The van der Waals surface area contributed by atoms with Crippen molar-refractivity contribution in [1.29, 1.82) is 0 Å². The Morgan fingerprint density at radius 3 is 2.56 bits per heavy atom. The van der Waals surface area contributed by atoms with E-state index in [1.54, 1.807) is 10.6 Å². The molecule has 0 fully saturated rings. The molecular weight excluding hydrogens is 555 g/mol. The van der Waals surface area contributed by atoms with E-state index >= 15 is 0 Å². The molecule has 34 heavy (non-hydrogen) atoms. The molecule has 0 saturated heterocycles. The lowest BCUT2D eigenvalue weighted by molar-refractivity contribution is -0.119. The van der Waals surface area contributed by atoms with Crippen LogP contribution in [0.1, 0.15) is 36.2 Å². The number of fused-ring (bicyclic) bond motifs is 2. The van der Waals surface area contributed by atoms with Crippen LogP contribution in [0.4, 0.5) is 14.6 Å². The fraction of sp³-hybridized carbons (Fsp3) is 0.250. The van der Waals surface area contributed by atoms with Gasteiger partial charge in [0.25, 0.3) is 0 Å². The molecule has 0 spiro atoms. The summed E-state index contributed by atoms with van der Waals surface area (Å²) in [5, 5.41) is 7.44. The van der Waals surface area contributed by atoms with Gasteiger partial charge in [-0.15, -0.1) is 0 Å². The third-order valence-electron chi connectivity index (χ3n) is 5.96. The second kappa shape index (κ2) is 7.97. The highest BCUT2D eigenvalue weighted by atomic mass is 127.